The van der Waals surface area contributed by atoms with Gasteiger partial charge >= 0.3 is 0 Å². The van der Waals surface area contributed by atoms with Crippen LogP contribution in [-0.2, 0) is 6.61 Å². The first-order valence-electron chi connectivity index (χ1n) is 4.29. The van der Waals surface area contributed by atoms with E-state index in [9.17, 15) is 0 Å². The Bertz CT molecular complexity index is 446. The zero-order valence-electron chi connectivity index (χ0n) is 7.51. The normalized spacial score (nSPS) is 10.0. The van der Waals surface area contributed by atoms with E-state index in [0.29, 0.717) is 11.4 Å². The lowest BCUT2D eigenvalue weighted by atomic mass is 10.2. The second kappa shape index (κ2) is 4.11. The van der Waals surface area contributed by atoms with Crippen molar-refractivity contribution in [3.05, 3.63) is 53.1 Å². The van der Waals surface area contributed by atoms with Gasteiger partial charge in [-0.2, -0.15) is 4.73 Å². The number of hydrogen-bond donors (Lipinski definition) is 1. The number of hydrogen-bond acceptors (Lipinski definition) is 2. The molecule has 0 saturated carbocycles. The van der Waals surface area contributed by atoms with Crippen molar-refractivity contribution < 1.29 is 4.84 Å². The first kappa shape index (κ1) is 9.02. The van der Waals surface area contributed by atoms with Crippen LogP contribution in [0, 0.1) is 4.77 Å². The summed E-state index contributed by atoms with van der Waals surface area (Å²) in [6, 6.07) is 9.96. The van der Waals surface area contributed by atoms with E-state index in [1.54, 1.807) is 17.1 Å². The van der Waals surface area contributed by atoms with Crippen molar-refractivity contribution in [1.82, 2.24) is 9.71 Å². The minimum Gasteiger partial charge on any atom is -0.407 e. The van der Waals surface area contributed by atoms with Crippen molar-refractivity contribution in [2.24, 2.45) is 0 Å². The Balaban J connectivity index is 2.02. The highest BCUT2D eigenvalue weighted by Gasteiger charge is 1.94. The molecule has 14 heavy (non-hydrogen) atoms. The molecule has 3 nitrogen and oxygen atoms in total. The highest BCUT2D eigenvalue weighted by molar-refractivity contribution is 7.71. The molecule has 2 aromatic rings. The molecule has 1 heterocycles. The van der Waals surface area contributed by atoms with E-state index in [-0.39, 0.29) is 0 Å². The van der Waals surface area contributed by atoms with Crippen molar-refractivity contribution in [2.75, 3.05) is 0 Å². The molecule has 72 valence electrons. The molecule has 0 fully saturated rings. The highest BCUT2D eigenvalue weighted by atomic mass is 32.1. The molecule has 1 aromatic heterocycles. The van der Waals surface area contributed by atoms with Gasteiger partial charge in [-0.15, -0.1) is 0 Å². The second-order valence-corrected chi connectivity index (χ2v) is 3.24. The fourth-order valence-corrected chi connectivity index (χ4v) is 1.31. The van der Waals surface area contributed by atoms with Crippen LogP contribution in [0.3, 0.4) is 0 Å². The van der Waals surface area contributed by atoms with Gasteiger partial charge in [0.15, 0.2) is 0 Å². The van der Waals surface area contributed by atoms with Gasteiger partial charge in [-0.25, -0.2) is 0 Å². The average Bonchev–Trinajstić information content (AvgIpc) is 2.63. The fourth-order valence-electron chi connectivity index (χ4n) is 1.13. The fraction of sp³-hybridized carbons (Fsp3) is 0.100. The number of nitrogens with zero attached hydrogens (tertiary/aromatic N) is 1. The SMILES string of the molecule is S=c1[nH]ccn1OCc1ccccc1. The van der Waals surface area contributed by atoms with Crippen LogP contribution in [0.2, 0.25) is 0 Å². The van der Waals surface area contributed by atoms with E-state index in [2.05, 4.69) is 4.98 Å². The van der Waals surface area contributed by atoms with Crippen LogP contribution in [0.25, 0.3) is 0 Å². The summed E-state index contributed by atoms with van der Waals surface area (Å²) in [5.41, 5.74) is 1.12. The molecule has 2 rings (SSSR count). The Morgan fingerprint density at radius 2 is 2.07 bits per heavy atom. The Morgan fingerprint density at radius 1 is 1.29 bits per heavy atom. The van der Waals surface area contributed by atoms with Crippen molar-refractivity contribution >= 4 is 12.2 Å². The van der Waals surface area contributed by atoms with Gasteiger partial charge in [0.25, 0.3) is 0 Å². The third kappa shape index (κ3) is 2.03. The smallest absolute Gasteiger partial charge is 0.211 e. The summed E-state index contributed by atoms with van der Waals surface area (Å²) < 4.78 is 2.11. The van der Waals surface area contributed by atoms with E-state index >= 15 is 0 Å². The molecular weight excluding hydrogens is 196 g/mol. The molecule has 0 radical (unpaired) electrons. The van der Waals surface area contributed by atoms with Gasteiger partial charge in [-0.3, -0.25) is 0 Å². The van der Waals surface area contributed by atoms with Crippen LogP contribution in [0.15, 0.2) is 42.7 Å². The zero-order valence-corrected chi connectivity index (χ0v) is 8.33. The summed E-state index contributed by atoms with van der Waals surface area (Å²) in [5.74, 6) is 0. The van der Waals surface area contributed by atoms with Gasteiger partial charge in [0.2, 0.25) is 4.77 Å². The van der Waals surface area contributed by atoms with Crippen LogP contribution in [-0.4, -0.2) is 9.71 Å². The third-order valence-corrected chi connectivity index (χ3v) is 2.13. The van der Waals surface area contributed by atoms with E-state index in [1.807, 2.05) is 30.3 Å². The van der Waals surface area contributed by atoms with E-state index in [1.165, 1.54) is 0 Å². The largest absolute Gasteiger partial charge is 0.407 e. The molecule has 0 unspecified atom stereocenters. The first-order chi connectivity index (χ1) is 6.86. The molecule has 0 aliphatic heterocycles. The molecule has 0 bridgehead atoms. The Morgan fingerprint density at radius 3 is 2.71 bits per heavy atom. The monoisotopic (exact) mass is 206 g/mol. The quantitative estimate of drug-likeness (QED) is 0.780. The maximum absolute atomic E-state index is 5.44. The predicted molar refractivity (Wildman–Crippen MR) is 56.3 cm³/mol. The lowest BCUT2D eigenvalue weighted by molar-refractivity contribution is 0.0940. The van der Waals surface area contributed by atoms with Crippen LogP contribution in [0.5, 0.6) is 0 Å². The number of nitrogens with one attached hydrogen (secondary N) is 1. The number of aromatic amines is 1. The summed E-state index contributed by atoms with van der Waals surface area (Å²) in [7, 11) is 0. The predicted octanol–water partition coefficient (Wildman–Crippen LogP) is 2.17. The minimum atomic E-state index is 0.521. The van der Waals surface area contributed by atoms with Gasteiger partial charge in [-0.05, 0) is 17.8 Å². The number of rotatable bonds is 3. The maximum atomic E-state index is 5.44. The molecule has 4 heteroatoms. The van der Waals surface area contributed by atoms with Crippen molar-refractivity contribution in [1.29, 1.82) is 0 Å². The molecular formula is C10H10N2OS. The minimum absolute atomic E-state index is 0.521. The lowest BCUT2D eigenvalue weighted by Gasteiger charge is -2.04. The molecule has 0 aliphatic carbocycles. The lowest BCUT2D eigenvalue weighted by Crippen LogP contribution is -2.09. The summed E-state index contributed by atoms with van der Waals surface area (Å²) in [4.78, 5) is 8.30. The number of imidazole rings is 1. The number of aromatic nitrogens is 2. The van der Waals surface area contributed by atoms with Crippen LogP contribution < -0.4 is 4.84 Å². The van der Waals surface area contributed by atoms with Crippen LogP contribution in [0.4, 0.5) is 0 Å². The molecule has 1 N–H and O–H groups in total. The van der Waals surface area contributed by atoms with Crippen LogP contribution >= 0.6 is 12.2 Å². The van der Waals surface area contributed by atoms with Crippen molar-refractivity contribution in [2.45, 2.75) is 6.61 Å². The van der Waals surface area contributed by atoms with Gasteiger partial charge in [0, 0.05) is 6.20 Å². The van der Waals surface area contributed by atoms with E-state index in [0.717, 1.165) is 5.56 Å². The standard InChI is InChI=1S/C10H10N2OS/c14-10-11-6-7-12(10)13-8-9-4-2-1-3-5-9/h1-7H,8H2,(H,11,14). The first-order valence-corrected chi connectivity index (χ1v) is 4.70. The summed E-state index contributed by atoms with van der Waals surface area (Å²) in [6.45, 7) is 0.521. The summed E-state index contributed by atoms with van der Waals surface area (Å²) in [5, 5.41) is 0. The molecule has 1 aromatic carbocycles. The Kier molecular flexibility index (Phi) is 2.65. The van der Waals surface area contributed by atoms with E-state index < -0.39 is 0 Å². The molecule has 0 atom stereocenters. The summed E-state index contributed by atoms with van der Waals surface area (Å²) >= 11 is 4.98. The van der Waals surface area contributed by atoms with Gasteiger partial charge in [-0.1, -0.05) is 30.3 Å². The van der Waals surface area contributed by atoms with Crippen molar-refractivity contribution in [3.63, 3.8) is 0 Å². The Hall–Kier alpha value is -1.55. The zero-order chi connectivity index (χ0) is 9.80. The average molecular weight is 206 g/mol. The van der Waals surface area contributed by atoms with E-state index in [4.69, 9.17) is 17.1 Å². The van der Waals surface area contributed by atoms with Gasteiger partial charge in [0.05, 0.1) is 6.20 Å². The molecule has 0 aliphatic rings. The second-order valence-electron chi connectivity index (χ2n) is 2.85. The maximum Gasteiger partial charge on any atom is 0.211 e. The number of H-pyrrole nitrogens is 1. The molecule has 0 saturated heterocycles. The van der Waals surface area contributed by atoms with Gasteiger partial charge in [0.1, 0.15) is 6.61 Å². The van der Waals surface area contributed by atoms with Gasteiger partial charge < -0.3 is 9.82 Å². The Labute approximate surface area is 86.9 Å². The molecule has 0 amide bonds. The summed E-state index contributed by atoms with van der Waals surface area (Å²) in [6.07, 6.45) is 3.50. The topological polar surface area (TPSA) is 29.9 Å². The third-order valence-electron chi connectivity index (χ3n) is 1.83. The van der Waals surface area contributed by atoms with Crippen molar-refractivity contribution in [3.8, 4) is 0 Å². The highest BCUT2D eigenvalue weighted by Crippen LogP contribution is 1.99. The number of benzene rings is 1. The molecule has 0 spiro atoms. The van der Waals surface area contributed by atoms with Crippen LogP contribution in [0.1, 0.15) is 5.56 Å².